The summed E-state index contributed by atoms with van der Waals surface area (Å²) in [5.41, 5.74) is 9.22. The molecule has 0 heterocycles. The summed E-state index contributed by atoms with van der Waals surface area (Å²) in [6.45, 7) is -0.0556. The van der Waals surface area contributed by atoms with Gasteiger partial charge in [-0.1, -0.05) is 0 Å². The number of amides is 1. The zero-order chi connectivity index (χ0) is 10.9. The van der Waals surface area contributed by atoms with Crippen LogP contribution >= 0.6 is 0 Å². The van der Waals surface area contributed by atoms with Crippen LogP contribution in [0.25, 0.3) is 0 Å². The molecule has 9 heteroatoms. The molecule has 0 saturated carbocycles. The second-order valence-corrected chi connectivity index (χ2v) is 1.91. The smallest absolute Gasteiger partial charge is 0.550 e. The van der Waals surface area contributed by atoms with Crippen LogP contribution in [0.3, 0.4) is 0 Å². The Balaban J connectivity index is -0.0000000770. The molecule has 76 valence electrons. The van der Waals surface area contributed by atoms with Crippen LogP contribution < -0.4 is 80.8 Å². The Hall–Kier alpha value is 0.370. The van der Waals surface area contributed by atoms with E-state index in [0.717, 1.165) is 0 Å². The number of carboxylic acids is 2. The molecule has 0 aliphatic heterocycles. The fourth-order valence-corrected chi connectivity index (χ4v) is 0.204. The molecule has 7 nitrogen and oxygen atoms in total. The summed E-state index contributed by atoms with van der Waals surface area (Å²) in [7, 11) is 0. The first-order valence-electron chi connectivity index (χ1n) is 3.28. The van der Waals surface area contributed by atoms with Gasteiger partial charge in [0.2, 0.25) is 5.91 Å². The largest absolute Gasteiger partial charge is 1.00 e. The van der Waals surface area contributed by atoms with Crippen molar-refractivity contribution in [2.75, 3.05) is 6.54 Å². The topological polar surface area (TPSA) is 149 Å². The molecule has 0 fully saturated rings. The Morgan fingerprint density at radius 1 is 0.933 bits per heavy atom. The van der Waals surface area contributed by atoms with E-state index < -0.39 is 30.7 Å². The molecule has 0 aromatic heterocycles. The Bertz CT molecular complexity index is 186. The minimum atomic E-state index is -1.37. The van der Waals surface area contributed by atoms with Crippen molar-refractivity contribution < 1.29 is 83.7 Å². The standard InChI is InChI=1S/C4H6O4.C2H6N2O.2Na/c5-3(6)1-2-4(7)8;3-1-2(4)5;;/h1-2H2,(H,5,6)(H,7,8);1,3H2,(H2,4,5);;/q;;2*+1/p-2. The van der Waals surface area contributed by atoms with Crippen LogP contribution in [0.4, 0.5) is 0 Å². The quantitative estimate of drug-likeness (QED) is 0.462. The third-order valence-corrected chi connectivity index (χ3v) is 0.734. The summed E-state index contributed by atoms with van der Waals surface area (Å²) in [5, 5.41) is 19.0. The Morgan fingerprint density at radius 2 is 1.13 bits per heavy atom. The van der Waals surface area contributed by atoms with Crippen molar-refractivity contribution in [1.29, 1.82) is 0 Å². The number of carboxylic acid groups (broad SMARTS) is 2. The number of aliphatic carboxylic acids is 2. The molecule has 0 aliphatic carbocycles. The fourth-order valence-electron chi connectivity index (χ4n) is 0.204. The predicted molar refractivity (Wildman–Crippen MR) is 37.5 cm³/mol. The zero-order valence-corrected chi connectivity index (χ0v) is 12.8. The van der Waals surface area contributed by atoms with Crippen LogP contribution in [0, 0.1) is 0 Å². The van der Waals surface area contributed by atoms with Crippen LogP contribution in [0.1, 0.15) is 12.8 Å². The van der Waals surface area contributed by atoms with Gasteiger partial charge in [-0.15, -0.1) is 0 Å². The van der Waals surface area contributed by atoms with Crippen LogP contribution in [-0.2, 0) is 14.4 Å². The van der Waals surface area contributed by atoms with E-state index in [-0.39, 0.29) is 65.7 Å². The van der Waals surface area contributed by atoms with Gasteiger partial charge < -0.3 is 31.3 Å². The average molecular weight is 236 g/mol. The number of carbonyl (C=O) groups excluding carboxylic acids is 3. The van der Waals surface area contributed by atoms with Crippen molar-refractivity contribution in [2.24, 2.45) is 11.5 Å². The summed E-state index contributed by atoms with van der Waals surface area (Å²) in [5.74, 6) is -3.20. The van der Waals surface area contributed by atoms with Gasteiger partial charge in [0.15, 0.2) is 0 Å². The number of rotatable bonds is 4. The summed E-state index contributed by atoms with van der Waals surface area (Å²) >= 11 is 0. The Kier molecular flexibility index (Phi) is 27.5. The summed E-state index contributed by atoms with van der Waals surface area (Å²) in [6, 6.07) is 0. The molecule has 0 bridgehead atoms. The molecular weight excluding hydrogens is 226 g/mol. The van der Waals surface area contributed by atoms with Gasteiger partial charge in [-0.3, -0.25) is 4.79 Å². The number of primary amides is 1. The van der Waals surface area contributed by atoms with Crippen LogP contribution in [0.5, 0.6) is 0 Å². The summed E-state index contributed by atoms with van der Waals surface area (Å²) < 4.78 is 0. The van der Waals surface area contributed by atoms with Crippen molar-refractivity contribution in [2.45, 2.75) is 12.8 Å². The first-order chi connectivity index (χ1) is 5.90. The number of hydrogen-bond acceptors (Lipinski definition) is 6. The zero-order valence-electron chi connectivity index (χ0n) is 8.82. The maximum absolute atomic E-state index is 9.50. The molecule has 0 aromatic carbocycles. The van der Waals surface area contributed by atoms with Gasteiger partial charge in [0, 0.05) is 11.9 Å². The van der Waals surface area contributed by atoms with Gasteiger partial charge in [0.1, 0.15) is 0 Å². The first kappa shape index (κ1) is 24.6. The van der Waals surface area contributed by atoms with Gasteiger partial charge in [-0.2, -0.15) is 0 Å². The molecule has 1 amide bonds. The van der Waals surface area contributed by atoms with Crippen molar-refractivity contribution in [3.05, 3.63) is 0 Å². The molecular formula is C6H10N2Na2O5. The van der Waals surface area contributed by atoms with Gasteiger partial charge in [-0.05, 0) is 12.8 Å². The SMILES string of the molecule is NCC(N)=O.O=C([O-])CCC(=O)[O-].[Na+].[Na+]. The normalized spacial score (nSPS) is 7.00. The van der Waals surface area contributed by atoms with E-state index in [0.29, 0.717) is 0 Å². The molecule has 0 atom stereocenters. The fraction of sp³-hybridized carbons (Fsp3) is 0.500. The first-order valence-corrected chi connectivity index (χ1v) is 3.28. The van der Waals surface area contributed by atoms with Crippen LogP contribution in [0.15, 0.2) is 0 Å². The van der Waals surface area contributed by atoms with E-state index >= 15 is 0 Å². The summed E-state index contributed by atoms with van der Waals surface area (Å²) in [6.07, 6.45) is -0.940. The van der Waals surface area contributed by atoms with E-state index in [1.54, 1.807) is 0 Å². The van der Waals surface area contributed by atoms with E-state index in [4.69, 9.17) is 5.73 Å². The van der Waals surface area contributed by atoms with Gasteiger partial charge >= 0.3 is 59.1 Å². The molecule has 0 rings (SSSR count). The Labute approximate surface area is 131 Å². The third-order valence-electron chi connectivity index (χ3n) is 0.734. The second kappa shape index (κ2) is 16.8. The summed E-state index contributed by atoms with van der Waals surface area (Å²) in [4.78, 5) is 28.5. The number of hydrogen-bond donors (Lipinski definition) is 2. The van der Waals surface area contributed by atoms with Gasteiger partial charge in [0.05, 0.1) is 6.54 Å². The number of nitrogens with two attached hydrogens (primary N) is 2. The van der Waals surface area contributed by atoms with Crippen molar-refractivity contribution >= 4 is 17.8 Å². The maximum Gasteiger partial charge on any atom is 1.00 e. The van der Waals surface area contributed by atoms with Crippen LogP contribution in [-0.4, -0.2) is 24.4 Å². The minimum Gasteiger partial charge on any atom is -0.550 e. The van der Waals surface area contributed by atoms with E-state index in [1.807, 2.05) is 0 Å². The van der Waals surface area contributed by atoms with E-state index in [2.05, 4.69) is 5.73 Å². The second-order valence-electron chi connectivity index (χ2n) is 1.91. The molecule has 0 aromatic rings. The minimum absolute atomic E-state index is 0. The maximum atomic E-state index is 9.50. The number of carbonyl (C=O) groups is 3. The molecule has 4 N–H and O–H groups in total. The molecule has 0 aliphatic rings. The molecule has 15 heavy (non-hydrogen) atoms. The van der Waals surface area contributed by atoms with E-state index in [9.17, 15) is 24.6 Å². The molecule has 0 spiro atoms. The average Bonchev–Trinajstić information content (AvgIpc) is 2.02. The predicted octanol–water partition coefficient (Wildman–Crippen LogP) is -10.3. The molecule has 0 radical (unpaired) electrons. The van der Waals surface area contributed by atoms with Crippen molar-refractivity contribution in [3.63, 3.8) is 0 Å². The van der Waals surface area contributed by atoms with Gasteiger partial charge in [0.25, 0.3) is 0 Å². The van der Waals surface area contributed by atoms with Crippen molar-refractivity contribution in [3.8, 4) is 0 Å². The van der Waals surface area contributed by atoms with E-state index in [1.165, 1.54) is 0 Å². The third kappa shape index (κ3) is 40.5. The molecule has 0 saturated heterocycles. The van der Waals surface area contributed by atoms with Gasteiger partial charge in [-0.25, -0.2) is 0 Å². The Morgan fingerprint density at radius 3 is 1.20 bits per heavy atom. The molecule has 0 unspecified atom stereocenters. The monoisotopic (exact) mass is 236 g/mol. The van der Waals surface area contributed by atoms with Crippen molar-refractivity contribution in [1.82, 2.24) is 0 Å². The van der Waals surface area contributed by atoms with Crippen LogP contribution in [0.2, 0.25) is 0 Å².